The van der Waals surface area contributed by atoms with Crippen molar-refractivity contribution in [3.63, 3.8) is 0 Å². The van der Waals surface area contributed by atoms with Gasteiger partial charge >= 0.3 is 0 Å². The quantitative estimate of drug-likeness (QED) is 0.837. The summed E-state index contributed by atoms with van der Waals surface area (Å²) >= 11 is 0. The van der Waals surface area contributed by atoms with Crippen LogP contribution in [0.25, 0.3) is 0 Å². The molecule has 1 atom stereocenters. The summed E-state index contributed by atoms with van der Waals surface area (Å²) in [5.74, 6) is 0. The van der Waals surface area contributed by atoms with Crippen LogP contribution in [-0.2, 0) is 5.60 Å². The van der Waals surface area contributed by atoms with E-state index in [0.717, 1.165) is 5.56 Å². The third-order valence-electron chi connectivity index (χ3n) is 4.26. The summed E-state index contributed by atoms with van der Waals surface area (Å²) in [7, 11) is 0. The number of hydrogen-bond donors (Lipinski definition) is 2. The Kier molecular flexibility index (Phi) is 5.58. The molecule has 3 heteroatoms. The lowest BCUT2D eigenvalue weighted by Gasteiger charge is -2.34. The SMILES string of the molecule is CCCN1CCC(NCC(C)(O)c2ccccc2)CC1. The number of rotatable bonds is 6. The maximum atomic E-state index is 10.6. The molecule has 1 aromatic carbocycles. The number of likely N-dealkylation sites (tertiary alicyclic amines) is 1. The number of piperidine rings is 1. The number of hydrogen-bond acceptors (Lipinski definition) is 3. The van der Waals surface area contributed by atoms with E-state index in [2.05, 4.69) is 17.1 Å². The highest BCUT2D eigenvalue weighted by atomic mass is 16.3. The van der Waals surface area contributed by atoms with Crippen LogP contribution in [0, 0.1) is 0 Å². The normalized spacial score (nSPS) is 20.8. The molecule has 0 bridgehead atoms. The largest absolute Gasteiger partial charge is 0.384 e. The molecule has 0 amide bonds. The van der Waals surface area contributed by atoms with Crippen LogP contribution in [0.4, 0.5) is 0 Å². The molecule has 2 rings (SSSR count). The van der Waals surface area contributed by atoms with Crippen molar-refractivity contribution < 1.29 is 5.11 Å². The summed E-state index contributed by atoms with van der Waals surface area (Å²) in [6.45, 7) is 8.32. The molecule has 0 aliphatic carbocycles. The van der Waals surface area contributed by atoms with Crippen molar-refractivity contribution in [2.45, 2.75) is 44.8 Å². The minimum atomic E-state index is -0.790. The maximum absolute atomic E-state index is 10.6. The summed E-state index contributed by atoms with van der Waals surface area (Å²) < 4.78 is 0. The fourth-order valence-corrected chi connectivity index (χ4v) is 2.92. The fourth-order valence-electron chi connectivity index (χ4n) is 2.92. The minimum Gasteiger partial charge on any atom is -0.384 e. The molecule has 1 aliphatic rings. The molecule has 0 saturated carbocycles. The van der Waals surface area contributed by atoms with Crippen molar-refractivity contribution >= 4 is 0 Å². The summed E-state index contributed by atoms with van der Waals surface area (Å²) in [5.41, 5.74) is 0.192. The van der Waals surface area contributed by atoms with E-state index in [0.29, 0.717) is 12.6 Å². The highest BCUT2D eigenvalue weighted by Crippen LogP contribution is 2.20. The van der Waals surface area contributed by atoms with Gasteiger partial charge < -0.3 is 15.3 Å². The van der Waals surface area contributed by atoms with E-state index < -0.39 is 5.60 Å². The van der Waals surface area contributed by atoms with Crippen LogP contribution < -0.4 is 5.32 Å². The van der Waals surface area contributed by atoms with E-state index >= 15 is 0 Å². The zero-order chi connectivity index (χ0) is 14.4. The van der Waals surface area contributed by atoms with Crippen molar-refractivity contribution in [3.8, 4) is 0 Å². The molecule has 20 heavy (non-hydrogen) atoms. The molecule has 3 nitrogen and oxygen atoms in total. The van der Waals surface area contributed by atoms with E-state index in [-0.39, 0.29) is 0 Å². The first-order valence-corrected chi connectivity index (χ1v) is 7.85. The number of nitrogens with one attached hydrogen (secondary N) is 1. The molecule has 1 fully saturated rings. The Labute approximate surface area is 123 Å². The second-order valence-electron chi connectivity index (χ2n) is 6.14. The van der Waals surface area contributed by atoms with Gasteiger partial charge in [0.15, 0.2) is 0 Å². The third kappa shape index (κ3) is 4.30. The molecule has 1 heterocycles. The average Bonchev–Trinajstić information content (AvgIpc) is 2.48. The molecular formula is C17H28N2O. The highest BCUT2D eigenvalue weighted by molar-refractivity contribution is 5.21. The number of aliphatic hydroxyl groups is 1. The zero-order valence-corrected chi connectivity index (χ0v) is 12.8. The van der Waals surface area contributed by atoms with Gasteiger partial charge in [0.25, 0.3) is 0 Å². The van der Waals surface area contributed by atoms with Crippen molar-refractivity contribution in [2.75, 3.05) is 26.2 Å². The van der Waals surface area contributed by atoms with Crippen LogP contribution in [0.15, 0.2) is 30.3 Å². The van der Waals surface area contributed by atoms with Gasteiger partial charge in [-0.3, -0.25) is 0 Å². The van der Waals surface area contributed by atoms with Crippen molar-refractivity contribution in [3.05, 3.63) is 35.9 Å². The molecule has 0 radical (unpaired) electrons. The van der Waals surface area contributed by atoms with Crippen LogP contribution in [0.1, 0.15) is 38.7 Å². The molecule has 1 unspecified atom stereocenters. The standard InChI is InChI=1S/C17H28N2O/c1-3-11-19-12-9-16(10-13-19)18-14-17(2,20)15-7-5-4-6-8-15/h4-8,16,18,20H,3,9-14H2,1-2H3. The molecule has 0 spiro atoms. The lowest BCUT2D eigenvalue weighted by Crippen LogP contribution is -2.46. The predicted octanol–water partition coefficient (Wildman–Crippen LogP) is 2.36. The van der Waals surface area contributed by atoms with Gasteiger partial charge in [-0.15, -0.1) is 0 Å². The summed E-state index contributed by atoms with van der Waals surface area (Å²) in [6, 6.07) is 10.5. The summed E-state index contributed by atoms with van der Waals surface area (Å²) in [4.78, 5) is 2.54. The van der Waals surface area contributed by atoms with Gasteiger partial charge in [0, 0.05) is 12.6 Å². The van der Waals surface area contributed by atoms with Gasteiger partial charge in [0.2, 0.25) is 0 Å². The zero-order valence-electron chi connectivity index (χ0n) is 12.8. The van der Waals surface area contributed by atoms with Gasteiger partial charge in [0.05, 0.1) is 5.60 Å². The van der Waals surface area contributed by atoms with E-state index in [1.807, 2.05) is 37.3 Å². The smallest absolute Gasteiger partial charge is 0.0992 e. The minimum absolute atomic E-state index is 0.540. The Morgan fingerprint density at radius 3 is 2.50 bits per heavy atom. The summed E-state index contributed by atoms with van der Waals surface area (Å²) in [5, 5.41) is 14.1. The van der Waals surface area contributed by atoms with E-state index in [1.165, 1.54) is 38.9 Å². The van der Waals surface area contributed by atoms with Crippen molar-refractivity contribution in [1.82, 2.24) is 10.2 Å². The van der Waals surface area contributed by atoms with Gasteiger partial charge in [-0.2, -0.15) is 0 Å². The second-order valence-corrected chi connectivity index (χ2v) is 6.14. The van der Waals surface area contributed by atoms with Gasteiger partial charge in [-0.05, 0) is 51.4 Å². The lowest BCUT2D eigenvalue weighted by atomic mass is 9.95. The Balaban J connectivity index is 1.78. The molecule has 2 N–H and O–H groups in total. The lowest BCUT2D eigenvalue weighted by molar-refractivity contribution is 0.0501. The number of benzene rings is 1. The topological polar surface area (TPSA) is 35.5 Å². The Morgan fingerprint density at radius 1 is 1.25 bits per heavy atom. The molecule has 1 saturated heterocycles. The second kappa shape index (κ2) is 7.21. The Hall–Kier alpha value is -0.900. The average molecular weight is 276 g/mol. The first-order valence-electron chi connectivity index (χ1n) is 7.85. The van der Waals surface area contributed by atoms with Crippen LogP contribution in [0.5, 0.6) is 0 Å². The first kappa shape index (κ1) is 15.5. The maximum Gasteiger partial charge on any atom is 0.0992 e. The van der Waals surface area contributed by atoms with Crippen LogP contribution in [0.2, 0.25) is 0 Å². The fraction of sp³-hybridized carbons (Fsp3) is 0.647. The Morgan fingerprint density at radius 2 is 1.90 bits per heavy atom. The van der Waals surface area contributed by atoms with Crippen LogP contribution >= 0.6 is 0 Å². The number of nitrogens with zero attached hydrogens (tertiary/aromatic N) is 1. The van der Waals surface area contributed by atoms with Gasteiger partial charge in [-0.25, -0.2) is 0 Å². The molecule has 1 aliphatic heterocycles. The van der Waals surface area contributed by atoms with E-state index in [9.17, 15) is 5.11 Å². The first-order chi connectivity index (χ1) is 9.62. The molecule has 1 aromatic rings. The molecular weight excluding hydrogens is 248 g/mol. The summed E-state index contributed by atoms with van der Waals surface area (Å²) in [6.07, 6.45) is 3.61. The van der Waals surface area contributed by atoms with E-state index in [4.69, 9.17) is 0 Å². The van der Waals surface area contributed by atoms with Crippen molar-refractivity contribution in [2.24, 2.45) is 0 Å². The molecule has 0 aromatic heterocycles. The van der Waals surface area contributed by atoms with E-state index in [1.54, 1.807) is 0 Å². The Bertz CT molecular complexity index is 383. The van der Waals surface area contributed by atoms with Crippen molar-refractivity contribution in [1.29, 1.82) is 0 Å². The molecule has 112 valence electrons. The van der Waals surface area contributed by atoms with Gasteiger partial charge in [0.1, 0.15) is 0 Å². The third-order valence-corrected chi connectivity index (χ3v) is 4.26. The van der Waals surface area contributed by atoms with Gasteiger partial charge in [-0.1, -0.05) is 37.3 Å². The highest BCUT2D eigenvalue weighted by Gasteiger charge is 2.25. The van der Waals surface area contributed by atoms with Crippen LogP contribution in [0.3, 0.4) is 0 Å². The van der Waals surface area contributed by atoms with Crippen LogP contribution in [-0.4, -0.2) is 42.2 Å². The monoisotopic (exact) mass is 276 g/mol. The predicted molar refractivity (Wildman–Crippen MR) is 83.8 cm³/mol.